The summed E-state index contributed by atoms with van der Waals surface area (Å²) >= 11 is 0. The van der Waals surface area contributed by atoms with E-state index in [1.165, 1.54) is 24.8 Å². The molecule has 0 amide bonds. The summed E-state index contributed by atoms with van der Waals surface area (Å²) in [5, 5.41) is 25.9. The number of ether oxygens (including phenoxy) is 1. The zero-order chi connectivity index (χ0) is 22.1. The number of anilines is 1. The molecule has 3 rings (SSSR count). The molecule has 10 nitrogen and oxygen atoms in total. The highest BCUT2D eigenvalue weighted by atomic mass is 19.1. The van der Waals surface area contributed by atoms with Crippen LogP contribution < -0.4 is 5.32 Å². The van der Waals surface area contributed by atoms with E-state index < -0.39 is 41.7 Å². The number of hydrogen-bond donors (Lipinski definition) is 3. The van der Waals surface area contributed by atoms with Gasteiger partial charge in [-0.25, -0.2) is 19.2 Å². The van der Waals surface area contributed by atoms with Crippen molar-refractivity contribution in [3.8, 4) is 0 Å². The number of aliphatic hydroxyl groups excluding tert-OH is 2. The average molecular weight is 421 g/mol. The van der Waals surface area contributed by atoms with Gasteiger partial charge in [-0.2, -0.15) is 9.78 Å². The van der Waals surface area contributed by atoms with Crippen LogP contribution in [0.25, 0.3) is 0 Å². The Morgan fingerprint density at radius 2 is 2.13 bits per heavy atom. The molecule has 0 aliphatic heterocycles. The van der Waals surface area contributed by atoms with Gasteiger partial charge in [-0.15, -0.1) is 0 Å². The van der Waals surface area contributed by atoms with Crippen molar-refractivity contribution >= 4 is 17.7 Å². The number of carbonyl (C=O) groups excluding carboxylic acids is 2. The van der Waals surface area contributed by atoms with Crippen LogP contribution in [0.15, 0.2) is 24.8 Å². The minimum absolute atomic E-state index is 0.0288. The Hall–Kier alpha value is -2.92. The van der Waals surface area contributed by atoms with Crippen molar-refractivity contribution in [2.75, 3.05) is 11.9 Å². The molecule has 0 bridgehead atoms. The van der Waals surface area contributed by atoms with E-state index in [0.717, 1.165) is 4.68 Å². The first-order chi connectivity index (χ1) is 14.1. The Balaban J connectivity index is 1.79. The fourth-order valence-electron chi connectivity index (χ4n) is 3.19. The zero-order valence-electron chi connectivity index (χ0n) is 16.8. The number of aromatic nitrogens is 4. The van der Waals surface area contributed by atoms with E-state index in [0.29, 0.717) is 0 Å². The molecular weight excluding hydrogens is 397 g/mol. The lowest BCUT2D eigenvalue weighted by atomic mass is 10.1. The molecule has 11 heteroatoms. The molecule has 0 unspecified atom stereocenters. The molecule has 1 aliphatic carbocycles. The first kappa shape index (κ1) is 21.8. The zero-order valence-corrected chi connectivity index (χ0v) is 16.8. The van der Waals surface area contributed by atoms with Crippen molar-refractivity contribution in [2.24, 2.45) is 5.92 Å². The SMILES string of the molecule is CC(C)(C)OC(=O)n1ccc(C(=O)c2cncnc2N[C@@H]2C[C@H](CO)[C@@H](O)[C@@H]2F)n1. The number of nitrogens with zero attached hydrogens (tertiary/aromatic N) is 4. The second-order valence-corrected chi connectivity index (χ2v) is 8.10. The van der Waals surface area contributed by atoms with Crippen molar-refractivity contribution in [1.82, 2.24) is 19.7 Å². The van der Waals surface area contributed by atoms with Crippen LogP contribution in [0.3, 0.4) is 0 Å². The smallest absolute Gasteiger partial charge is 0.435 e. The Bertz CT molecular complexity index is 928. The van der Waals surface area contributed by atoms with Gasteiger partial charge in [0.2, 0.25) is 5.78 Å². The van der Waals surface area contributed by atoms with E-state index in [2.05, 4.69) is 20.4 Å². The van der Waals surface area contributed by atoms with Crippen LogP contribution in [-0.2, 0) is 4.74 Å². The molecule has 2 heterocycles. The maximum Gasteiger partial charge on any atom is 0.435 e. The van der Waals surface area contributed by atoms with Gasteiger partial charge >= 0.3 is 6.09 Å². The molecule has 162 valence electrons. The van der Waals surface area contributed by atoms with Gasteiger partial charge in [-0.1, -0.05) is 0 Å². The molecule has 0 radical (unpaired) electrons. The number of rotatable bonds is 5. The summed E-state index contributed by atoms with van der Waals surface area (Å²) in [7, 11) is 0. The highest BCUT2D eigenvalue weighted by Crippen LogP contribution is 2.31. The maximum absolute atomic E-state index is 14.4. The van der Waals surface area contributed by atoms with Crippen LogP contribution in [0.4, 0.5) is 15.0 Å². The third-order valence-corrected chi connectivity index (χ3v) is 4.67. The van der Waals surface area contributed by atoms with Crippen molar-refractivity contribution in [3.05, 3.63) is 36.0 Å². The standard InChI is InChI=1S/C19H24FN5O5/c1-19(2,3)30-18(29)25-5-4-12(24-25)16(28)11-7-21-9-22-17(11)23-13-6-10(8-26)15(27)14(13)20/h4-5,7,9-10,13-15,26-27H,6,8H2,1-3H3,(H,21,22,23)/t10-,13-,14-,15-/m1/s1. The molecule has 4 atom stereocenters. The molecule has 2 aromatic rings. The average Bonchev–Trinajstić information content (AvgIpc) is 3.28. The molecule has 3 N–H and O–H groups in total. The molecule has 2 aromatic heterocycles. The second-order valence-electron chi connectivity index (χ2n) is 8.10. The molecule has 30 heavy (non-hydrogen) atoms. The van der Waals surface area contributed by atoms with Crippen molar-refractivity contribution in [2.45, 2.75) is 51.1 Å². The number of ketones is 1. The van der Waals surface area contributed by atoms with E-state index >= 15 is 0 Å². The van der Waals surface area contributed by atoms with Crippen molar-refractivity contribution in [1.29, 1.82) is 0 Å². The van der Waals surface area contributed by atoms with Crippen LogP contribution in [0.2, 0.25) is 0 Å². The molecule has 0 aromatic carbocycles. The van der Waals surface area contributed by atoms with Gasteiger partial charge in [-0.3, -0.25) is 4.79 Å². The van der Waals surface area contributed by atoms with Gasteiger partial charge in [0.05, 0.1) is 17.7 Å². The van der Waals surface area contributed by atoms with E-state index in [1.54, 1.807) is 20.8 Å². The molecule has 1 fully saturated rings. The fourth-order valence-corrected chi connectivity index (χ4v) is 3.19. The van der Waals surface area contributed by atoms with E-state index in [4.69, 9.17) is 4.74 Å². The van der Waals surface area contributed by atoms with Crippen molar-refractivity contribution in [3.63, 3.8) is 0 Å². The Morgan fingerprint density at radius 3 is 2.77 bits per heavy atom. The number of hydrogen-bond acceptors (Lipinski definition) is 9. The summed E-state index contributed by atoms with van der Waals surface area (Å²) < 4.78 is 20.5. The summed E-state index contributed by atoms with van der Waals surface area (Å²) in [5.41, 5.74) is -0.741. The van der Waals surface area contributed by atoms with Gasteiger partial charge < -0.3 is 20.3 Å². The minimum Gasteiger partial charge on any atom is -0.442 e. The lowest BCUT2D eigenvalue weighted by molar-refractivity contribution is 0.0444. The normalized spacial score (nSPS) is 23.9. The molecule has 0 saturated heterocycles. The lowest BCUT2D eigenvalue weighted by Crippen LogP contribution is -2.32. The van der Waals surface area contributed by atoms with E-state index in [-0.39, 0.29) is 30.1 Å². The summed E-state index contributed by atoms with van der Waals surface area (Å²) in [6.07, 6.45) is 0.245. The number of halogens is 1. The fraction of sp³-hybridized carbons (Fsp3) is 0.526. The minimum atomic E-state index is -1.63. The summed E-state index contributed by atoms with van der Waals surface area (Å²) in [6.45, 7) is 4.77. The molecule has 1 saturated carbocycles. The number of aliphatic hydroxyl groups is 2. The van der Waals surface area contributed by atoms with E-state index in [9.17, 15) is 24.2 Å². The topological polar surface area (TPSA) is 139 Å². The van der Waals surface area contributed by atoms with Gasteiger partial charge in [0.15, 0.2) is 0 Å². The third kappa shape index (κ3) is 4.62. The first-order valence-corrected chi connectivity index (χ1v) is 9.44. The van der Waals surface area contributed by atoms with Crippen LogP contribution in [0, 0.1) is 5.92 Å². The highest BCUT2D eigenvalue weighted by molar-refractivity contribution is 6.10. The van der Waals surface area contributed by atoms with Crippen LogP contribution >= 0.6 is 0 Å². The lowest BCUT2D eigenvalue weighted by Gasteiger charge is -2.18. The number of alkyl halides is 1. The first-order valence-electron chi connectivity index (χ1n) is 9.44. The van der Waals surface area contributed by atoms with Crippen LogP contribution in [-0.4, -0.2) is 72.4 Å². The van der Waals surface area contributed by atoms with Crippen LogP contribution in [0.1, 0.15) is 43.2 Å². The van der Waals surface area contributed by atoms with Gasteiger partial charge in [0.1, 0.15) is 29.6 Å². The molecule has 1 aliphatic rings. The van der Waals surface area contributed by atoms with Gasteiger partial charge in [0, 0.05) is 24.9 Å². The maximum atomic E-state index is 14.4. The summed E-state index contributed by atoms with van der Waals surface area (Å²) in [5.74, 6) is -1.11. The highest BCUT2D eigenvalue weighted by Gasteiger charge is 2.43. The largest absolute Gasteiger partial charge is 0.442 e. The predicted octanol–water partition coefficient (Wildman–Crippen LogP) is 1.18. The molecule has 0 spiro atoms. The van der Waals surface area contributed by atoms with E-state index in [1.807, 2.05) is 0 Å². The summed E-state index contributed by atoms with van der Waals surface area (Å²) in [4.78, 5) is 32.8. The van der Waals surface area contributed by atoms with Crippen molar-refractivity contribution < 1.29 is 28.9 Å². The molecular formula is C19H24FN5O5. The Kier molecular flexibility index (Phi) is 6.13. The Labute approximate surface area is 172 Å². The van der Waals surface area contributed by atoms with Gasteiger partial charge in [-0.05, 0) is 33.3 Å². The summed E-state index contributed by atoms with van der Waals surface area (Å²) in [6, 6.07) is 0.514. The third-order valence-electron chi connectivity index (χ3n) is 4.67. The van der Waals surface area contributed by atoms with Crippen LogP contribution in [0.5, 0.6) is 0 Å². The second kappa shape index (κ2) is 8.44. The monoisotopic (exact) mass is 421 g/mol. The Morgan fingerprint density at radius 1 is 1.40 bits per heavy atom. The number of nitrogens with one attached hydrogen (secondary N) is 1. The van der Waals surface area contributed by atoms with Gasteiger partial charge in [0.25, 0.3) is 0 Å². The predicted molar refractivity (Wildman–Crippen MR) is 103 cm³/mol. The quantitative estimate of drug-likeness (QED) is 0.607. The number of carbonyl (C=O) groups is 2.